The molecule has 0 atom stereocenters. The summed E-state index contributed by atoms with van der Waals surface area (Å²) in [7, 11) is 0. The number of rotatable bonds is 5. The maximum atomic E-state index is 12.8. The number of carbonyl (C=O) groups excluding carboxylic acids is 3. The molecule has 1 heterocycles. The quantitative estimate of drug-likeness (QED) is 0.573. The monoisotopic (exact) mass is 430 g/mol. The lowest BCUT2D eigenvalue weighted by Gasteiger charge is -2.15. The summed E-state index contributed by atoms with van der Waals surface area (Å²) in [5.41, 5.74) is -3.95. The van der Waals surface area contributed by atoms with E-state index in [9.17, 15) is 40.7 Å². The Morgan fingerprint density at radius 3 is 2.11 bits per heavy atom. The first-order chi connectivity index (χ1) is 12.9. The lowest BCUT2D eigenvalue weighted by molar-refractivity contribution is -0.147. The molecule has 1 N–H and O–H groups in total. The number of nitrogens with one attached hydrogen (secondary N) is 1. The van der Waals surface area contributed by atoms with Gasteiger partial charge in [0.2, 0.25) is 0 Å². The molecule has 0 unspecified atom stereocenters. The number of hydrogen-bond acceptors (Lipinski definition) is 5. The number of amides is 2. The van der Waals surface area contributed by atoms with E-state index >= 15 is 0 Å². The zero-order chi connectivity index (χ0) is 21.1. The molecule has 1 fully saturated rings. The number of ether oxygens (including phenoxy) is 1. The molecule has 0 bridgehead atoms. The summed E-state index contributed by atoms with van der Waals surface area (Å²) in [6.45, 7) is -1.04. The van der Waals surface area contributed by atoms with Gasteiger partial charge >= 0.3 is 18.3 Å². The fraction of sp³-hybridized carbons (Fsp3) is 0.400. The van der Waals surface area contributed by atoms with Gasteiger partial charge in [0.15, 0.2) is 6.61 Å². The van der Waals surface area contributed by atoms with Crippen LogP contribution in [0.2, 0.25) is 0 Å². The summed E-state index contributed by atoms with van der Waals surface area (Å²) in [6, 6.07) is 0.574. The van der Waals surface area contributed by atoms with Crippen molar-refractivity contribution in [3.63, 3.8) is 0 Å². The third kappa shape index (κ3) is 6.04. The smallest absolute Gasteiger partial charge is 0.416 e. The van der Waals surface area contributed by atoms with Crippen molar-refractivity contribution in [2.45, 2.75) is 12.4 Å². The number of hydrogen-bond donors (Lipinski definition) is 1. The summed E-state index contributed by atoms with van der Waals surface area (Å²) in [5, 5.41) is 1.48. The summed E-state index contributed by atoms with van der Waals surface area (Å²) in [4.78, 5) is 35.8. The number of benzene rings is 1. The van der Waals surface area contributed by atoms with Crippen molar-refractivity contribution >= 4 is 34.6 Å². The van der Waals surface area contributed by atoms with Crippen LogP contribution in [0.3, 0.4) is 0 Å². The molecular weight excluding hydrogens is 418 g/mol. The highest BCUT2D eigenvalue weighted by Crippen LogP contribution is 2.37. The molecular formula is C15H12F6N2O4S. The fourth-order valence-electron chi connectivity index (χ4n) is 2.14. The number of esters is 1. The third-order valence-electron chi connectivity index (χ3n) is 3.40. The van der Waals surface area contributed by atoms with E-state index in [4.69, 9.17) is 0 Å². The molecule has 0 spiro atoms. The number of alkyl halides is 6. The first kappa shape index (κ1) is 21.9. The van der Waals surface area contributed by atoms with Gasteiger partial charge in [0.1, 0.15) is 6.54 Å². The van der Waals surface area contributed by atoms with Crippen LogP contribution in [0.15, 0.2) is 18.2 Å². The van der Waals surface area contributed by atoms with Gasteiger partial charge in [-0.3, -0.25) is 14.4 Å². The zero-order valence-electron chi connectivity index (χ0n) is 13.8. The van der Waals surface area contributed by atoms with Crippen LogP contribution >= 0.6 is 11.8 Å². The summed E-state index contributed by atoms with van der Waals surface area (Å²) < 4.78 is 81.2. The first-order valence-electron chi connectivity index (χ1n) is 7.53. The van der Waals surface area contributed by atoms with Crippen LogP contribution in [0.1, 0.15) is 11.1 Å². The van der Waals surface area contributed by atoms with Crippen molar-refractivity contribution in [3.8, 4) is 0 Å². The van der Waals surface area contributed by atoms with Crippen LogP contribution in [-0.4, -0.2) is 47.5 Å². The van der Waals surface area contributed by atoms with Crippen molar-refractivity contribution in [3.05, 3.63) is 29.3 Å². The lowest BCUT2D eigenvalue weighted by atomic mass is 10.1. The molecule has 1 saturated heterocycles. The average molecular weight is 430 g/mol. The van der Waals surface area contributed by atoms with Gasteiger partial charge in [-0.05, 0) is 18.2 Å². The topological polar surface area (TPSA) is 75.7 Å². The zero-order valence-corrected chi connectivity index (χ0v) is 14.6. The molecule has 0 radical (unpaired) electrons. The van der Waals surface area contributed by atoms with Crippen LogP contribution in [0.25, 0.3) is 0 Å². The van der Waals surface area contributed by atoms with E-state index in [-0.39, 0.29) is 11.3 Å². The standard InChI is InChI=1S/C15H12F6N2O4S/c16-14(17,18)8-3-9(15(19,20)21)5-10(4-8)22-11(24)7-27-12(25)6-23-1-2-28-13(23)26/h3-5H,1-2,6-7H2,(H,22,24). The van der Waals surface area contributed by atoms with Crippen molar-refractivity contribution < 1.29 is 45.5 Å². The molecule has 2 amide bonds. The molecule has 28 heavy (non-hydrogen) atoms. The Bertz CT molecular complexity index is 749. The van der Waals surface area contributed by atoms with Crippen LogP contribution < -0.4 is 5.32 Å². The molecule has 1 aromatic rings. The number of carbonyl (C=O) groups is 3. The SMILES string of the molecule is O=C(COC(=O)CN1CCSC1=O)Nc1cc(C(F)(F)F)cc(C(F)(F)F)c1. The van der Waals surface area contributed by atoms with Gasteiger partial charge in [-0.15, -0.1) is 0 Å². The molecule has 0 aliphatic carbocycles. The fourth-order valence-corrected chi connectivity index (χ4v) is 2.97. The molecule has 6 nitrogen and oxygen atoms in total. The van der Waals surface area contributed by atoms with Gasteiger partial charge in [-0.25, -0.2) is 0 Å². The normalized spacial score (nSPS) is 14.9. The second-order valence-corrected chi connectivity index (χ2v) is 6.59. The third-order valence-corrected chi connectivity index (χ3v) is 4.29. The molecule has 1 aromatic carbocycles. The Morgan fingerprint density at radius 1 is 1.07 bits per heavy atom. The largest absolute Gasteiger partial charge is 0.454 e. The van der Waals surface area contributed by atoms with Crippen molar-refractivity contribution in [1.82, 2.24) is 4.90 Å². The second kappa shape index (κ2) is 8.29. The van der Waals surface area contributed by atoms with E-state index in [1.807, 2.05) is 5.32 Å². The highest BCUT2D eigenvalue weighted by molar-refractivity contribution is 8.13. The number of anilines is 1. The minimum absolute atomic E-state index is 0.0826. The minimum atomic E-state index is -5.06. The molecule has 1 aliphatic heterocycles. The molecule has 13 heteroatoms. The average Bonchev–Trinajstić information content (AvgIpc) is 2.96. The Labute approximate surface area is 158 Å². The summed E-state index contributed by atoms with van der Waals surface area (Å²) >= 11 is 0.996. The van der Waals surface area contributed by atoms with E-state index in [0.717, 1.165) is 11.8 Å². The van der Waals surface area contributed by atoms with E-state index in [1.54, 1.807) is 0 Å². The van der Waals surface area contributed by atoms with E-state index in [2.05, 4.69) is 4.74 Å². The minimum Gasteiger partial charge on any atom is -0.454 e. The van der Waals surface area contributed by atoms with Gasteiger partial charge in [0.05, 0.1) is 11.1 Å². The Hall–Kier alpha value is -2.44. The molecule has 1 aliphatic rings. The highest BCUT2D eigenvalue weighted by Gasteiger charge is 2.37. The van der Waals surface area contributed by atoms with Crippen LogP contribution in [0, 0.1) is 0 Å². The van der Waals surface area contributed by atoms with Gasteiger partial charge in [0.25, 0.3) is 11.1 Å². The van der Waals surface area contributed by atoms with Crippen LogP contribution in [-0.2, 0) is 26.7 Å². The van der Waals surface area contributed by atoms with Gasteiger partial charge in [-0.2, -0.15) is 26.3 Å². The maximum Gasteiger partial charge on any atom is 0.416 e. The predicted octanol–water partition coefficient (Wildman–Crippen LogP) is 3.37. The predicted molar refractivity (Wildman–Crippen MR) is 85.5 cm³/mol. The van der Waals surface area contributed by atoms with Gasteiger partial charge in [0, 0.05) is 18.0 Å². The maximum absolute atomic E-state index is 12.8. The number of thioether (sulfide) groups is 1. The second-order valence-electron chi connectivity index (χ2n) is 5.54. The van der Waals surface area contributed by atoms with Crippen LogP contribution in [0.4, 0.5) is 36.8 Å². The first-order valence-corrected chi connectivity index (χ1v) is 8.51. The van der Waals surface area contributed by atoms with Crippen molar-refractivity contribution in [2.24, 2.45) is 0 Å². The Kier molecular flexibility index (Phi) is 6.47. The number of nitrogens with zero attached hydrogens (tertiary/aromatic N) is 1. The lowest BCUT2D eigenvalue weighted by Crippen LogP contribution is -2.32. The number of halogens is 6. The van der Waals surface area contributed by atoms with Gasteiger partial charge in [-0.1, -0.05) is 11.8 Å². The van der Waals surface area contributed by atoms with E-state index in [1.165, 1.54) is 4.90 Å². The molecule has 2 rings (SSSR count). The van der Waals surface area contributed by atoms with E-state index in [0.29, 0.717) is 24.4 Å². The van der Waals surface area contributed by atoms with Gasteiger partial charge < -0.3 is 15.0 Å². The van der Waals surface area contributed by atoms with E-state index < -0.39 is 54.2 Å². The van der Waals surface area contributed by atoms with Crippen LogP contribution in [0.5, 0.6) is 0 Å². The van der Waals surface area contributed by atoms with Crippen molar-refractivity contribution in [2.75, 3.05) is 30.8 Å². The summed E-state index contributed by atoms with van der Waals surface area (Å²) in [5.74, 6) is -1.59. The summed E-state index contributed by atoms with van der Waals surface area (Å²) in [6.07, 6.45) is -10.1. The highest BCUT2D eigenvalue weighted by atomic mass is 32.2. The molecule has 0 aromatic heterocycles. The van der Waals surface area contributed by atoms with Crippen molar-refractivity contribution in [1.29, 1.82) is 0 Å². The molecule has 154 valence electrons. The Morgan fingerprint density at radius 2 is 1.64 bits per heavy atom. The Balaban J connectivity index is 2.00. The molecule has 0 saturated carbocycles.